The van der Waals surface area contributed by atoms with Crippen molar-refractivity contribution < 1.29 is 40.2 Å². The Labute approximate surface area is 367 Å². The Balaban J connectivity index is 1.40. The first kappa shape index (κ1) is 47.4. The standard InChI is InChI=1S/C51H69N3O8/c1-30(2)15-20-43(58)31(3)9-6-13-36(29-55)40-22-24-51(47(40)60)42-19-18-37(56)26-34-11-7-10-33(25-34)16-17-38(57)28-53-46-45-35(12-8-14-41(45)48(52)54-49(46)61)27-44(59)32(4)39(42)21-23-50(51,5)62/h6-15,25,37-38,40,42-43,46-48,53,55-58,60,62H,3,16-24,26-29,52H2,1-2,4-5H3,(H,54,61). The summed E-state index contributed by atoms with van der Waals surface area (Å²) in [5.74, 6) is -1.48. The van der Waals surface area contributed by atoms with Crippen LogP contribution >= 0.6 is 0 Å². The molecule has 2 aromatic rings. The zero-order valence-corrected chi connectivity index (χ0v) is 36.9. The van der Waals surface area contributed by atoms with E-state index in [2.05, 4.69) is 17.2 Å². The fourth-order valence-corrected chi connectivity index (χ4v) is 10.8. The van der Waals surface area contributed by atoms with Crippen molar-refractivity contribution in [2.45, 2.75) is 141 Å². The Kier molecular flexibility index (Phi) is 15.5. The normalized spacial score (nSPS) is 31.9. The second kappa shape index (κ2) is 20.2. The number of amides is 1. The van der Waals surface area contributed by atoms with Crippen LogP contribution in [0.2, 0.25) is 0 Å². The first-order valence-electron chi connectivity index (χ1n) is 22.4. The van der Waals surface area contributed by atoms with Crippen LogP contribution in [0.25, 0.3) is 0 Å². The van der Waals surface area contributed by atoms with Crippen molar-refractivity contribution in [3.63, 3.8) is 0 Å². The van der Waals surface area contributed by atoms with Crippen molar-refractivity contribution in [2.24, 2.45) is 23.0 Å². The zero-order valence-electron chi connectivity index (χ0n) is 36.9. The summed E-state index contributed by atoms with van der Waals surface area (Å²) in [6, 6.07) is 12.6. The largest absolute Gasteiger partial charge is 0.393 e. The molecule has 10 N–H and O–H groups in total. The van der Waals surface area contributed by atoms with Crippen molar-refractivity contribution in [2.75, 3.05) is 13.2 Å². The molecule has 1 amide bonds. The molecule has 2 aliphatic carbocycles. The molecule has 2 fully saturated rings. The summed E-state index contributed by atoms with van der Waals surface area (Å²) in [5.41, 5.74) is 11.5. The van der Waals surface area contributed by atoms with Crippen LogP contribution in [-0.4, -0.2) is 85.5 Å². The Morgan fingerprint density at radius 1 is 1.00 bits per heavy atom. The molecule has 2 aromatic carbocycles. The fraction of sp³-hybridized carbons (Fsp3) is 0.529. The van der Waals surface area contributed by atoms with Crippen LogP contribution in [0.5, 0.6) is 0 Å². The van der Waals surface area contributed by atoms with Gasteiger partial charge < -0.3 is 41.7 Å². The average Bonchev–Trinajstić information content (AvgIpc) is 3.57. The van der Waals surface area contributed by atoms with E-state index in [0.717, 1.165) is 22.3 Å². The van der Waals surface area contributed by atoms with E-state index in [-0.39, 0.29) is 31.3 Å². The Morgan fingerprint density at radius 3 is 2.48 bits per heavy atom. The van der Waals surface area contributed by atoms with E-state index in [1.165, 1.54) is 0 Å². The number of aryl methyl sites for hydroxylation is 1. The lowest BCUT2D eigenvalue weighted by Crippen LogP contribution is -2.59. The molecule has 62 heavy (non-hydrogen) atoms. The van der Waals surface area contributed by atoms with Gasteiger partial charge in [-0.1, -0.05) is 84.5 Å². The van der Waals surface area contributed by atoms with Crippen LogP contribution in [0.15, 0.2) is 101 Å². The maximum Gasteiger partial charge on any atom is 0.243 e. The number of aliphatic hydroxyl groups is 6. The van der Waals surface area contributed by atoms with Crippen molar-refractivity contribution in [1.29, 1.82) is 0 Å². The van der Waals surface area contributed by atoms with E-state index in [0.29, 0.717) is 97.6 Å². The number of benzene rings is 2. The third-order valence-corrected chi connectivity index (χ3v) is 14.4. The first-order valence-corrected chi connectivity index (χ1v) is 22.4. The van der Waals surface area contributed by atoms with Crippen molar-refractivity contribution in [3.8, 4) is 0 Å². The number of rotatable bonds is 7. The molecule has 0 aromatic heterocycles. The number of nitrogens with two attached hydrogens (primary N) is 1. The summed E-state index contributed by atoms with van der Waals surface area (Å²) in [4.78, 5) is 28.2. The predicted molar refractivity (Wildman–Crippen MR) is 241 cm³/mol. The topological polar surface area (TPSA) is 206 Å². The molecule has 2 saturated carbocycles. The number of carbonyl (C=O) groups excluding carboxylic acids is 2. The highest BCUT2D eigenvalue weighted by atomic mass is 16.3. The van der Waals surface area contributed by atoms with Gasteiger partial charge in [0.05, 0.1) is 36.6 Å². The summed E-state index contributed by atoms with van der Waals surface area (Å²) < 4.78 is 0. The maximum atomic E-state index is 14.7. The summed E-state index contributed by atoms with van der Waals surface area (Å²) in [5, 5.41) is 75.3. The number of β-amino-alcohol motifs (C(OH)–C–C–N with tert-alkyl or cyclic N) is 1. The molecule has 1 spiro atoms. The molecule has 2 heterocycles. The lowest BCUT2D eigenvalue weighted by atomic mass is 9.52. The van der Waals surface area contributed by atoms with E-state index in [9.17, 15) is 40.2 Å². The fourth-order valence-electron chi connectivity index (χ4n) is 10.8. The van der Waals surface area contributed by atoms with Gasteiger partial charge in [-0.05, 0) is 142 Å². The molecule has 10 unspecified atom stereocenters. The minimum Gasteiger partial charge on any atom is -0.393 e. The van der Waals surface area contributed by atoms with E-state index in [1.54, 1.807) is 25.2 Å². The SMILES string of the molecule is C=C(C=CC=C(CO)C1CCC2(C3CCC(O)Cc4cccc(c4)CCC(O)CNC4C(=O)NC(N)c5cccc(c54)CC(=O)C(C)=C3CCC2(C)O)C1O)C(O)CC=C(C)C. The van der Waals surface area contributed by atoms with Crippen molar-refractivity contribution in [1.82, 2.24) is 10.6 Å². The lowest BCUT2D eigenvalue weighted by Gasteiger charge is -2.56. The number of hydrogen-bond acceptors (Lipinski definition) is 10. The van der Waals surface area contributed by atoms with Gasteiger partial charge in [-0.25, -0.2) is 0 Å². The number of aliphatic hydroxyl groups excluding tert-OH is 5. The van der Waals surface area contributed by atoms with Crippen LogP contribution < -0.4 is 16.4 Å². The number of carbonyl (C=O) groups is 2. The Bertz CT molecular complexity index is 2100. The summed E-state index contributed by atoms with van der Waals surface area (Å²) in [6.07, 6.45) is 7.21. The highest BCUT2D eigenvalue weighted by Gasteiger charge is 2.64. The number of fused-ring (bicyclic) bond motifs is 4. The number of ketones is 1. The lowest BCUT2D eigenvalue weighted by molar-refractivity contribution is -0.168. The van der Waals surface area contributed by atoms with Gasteiger partial charge in [-0.15, -0.1) is 0 Å². The highest BCUT2D eigenvalue weighted by molar-refractivity contribution is 5.98. The Morgan fingerprint density at radius 2 is 1.74 bits per heavy atom. The minimum atomic E-state index is -1.35. The van der Waals surface area contributed by atoms with Gasteiger partial charge in [-0.2, -0.15) is 0 Å². The van der Waals surface area contributed by atoms with E-state index >= 15 is 0 Å². The van der Waals surface area contributed by atoms with E-state index in [1.807, 2.05) is 69.3 Å². The third kappa shape index (κ3) is 10.2. The van der Waals surface area contributed by atoms with Gasteiger partial charge in [0.25, 0.3) is 0 Å². The molecular weight excluding hydrogens is 783 g/mol. The second-order valence-electron chi connectivity index (χ2n) is 18.8. The van der Waals surface area contributed by atoms with Crippen LogP contribution in [0.3, 0.4) is 0 Å². The number of nitrogens with one attached hydrogen (secondary N) is 2. The summed E-state index contributed by atoms with van der Waals surface area (Å²) in [7, 11) is 0. The first-order chi connectivity index (χ1) is 29.5. The number of Topliss-reactive ketones (excluding diaryl/α,β-unsaturated/α-hetero) is 1. The van der Waals surface area contributed by atoms with Gasteiger partial charge in [0, 0.05) is 24.3 Å². The highest BCUT2D eigenvalue weighted by Crippen LogP contribution is 2.63. The van der Waals surface area contributed by atoms with Crippen molar-refractivity contribution >= 4 is 11.7 Å². The predicted octanol–water partition coefficient (Wildman–Crippen LogP) is 5.19. The molecule has 2 bridgehead atoms. The van der Waals surface area contributed by atoms with Gasteiger partial charge in [0.1, 0.15) is 12.2 Å². The minimum absolute atomic E-state index is 0.0180. The molecule has 0 saturated heterocycles. The molecule has 336 valence electrons. The van der Waals surface area contributed by atoms with E-state index < -0.39 is 59.5 Å². The summed E-state index contributed by atoms with van der Waals surface area (Å²) in [6.45, 7) is 11.4. The molecule has 11 nitrogen and oxygen atoms in total. The molecule has 11 heteroatoms. The number of allylic oxidation sites excluding steroid dienone is 5. The monoisotopic (exact) mass is 852 g/mol. The van der Waals surface area contributed by atoms with Crippen molar-refractivity contribution in [3.05, 3.63) is 129 Å². The van der Waals surface area contributed by atoms with Gasteiger partial charge in [0.2, 0.25) is 5.91 Å². The van der Waals surface area contributed by atoms with Crippen LogP contribution in [0.4, 0.5) is 0 Å². The maximum absolute atomic E-state index is 14.7. The second-order valence-corrected chi connectivity index (χ2v) is 18.8. The third-order valence-electron chi connectivity index (χ3n) is 14.4. The molecule has 4 aliphatic rings. The number of hydrogen-bond donors (Lipinski definition) is 9. The molecule has 10 atom stereocenters. The molecular formula is C51H69N3O8. The van der Waals surface area contributed by atoms with E-state index in [4.69, 9.17) is 5.73 Å². The smallest absolute Gasteiger partial charge is 0.243 e. The Hall–Kier alpha value is -4.04. The average molecular weight is 852 g/mol. The van der Waals surface area contributed by atoms with Crippen LogP contribution in [0, 0.1) is 17.3 Å². The van der Waals surface area contributed by atoms with Gasteiger partial charge >= 0.3 is 0 Å². The van der Waals surface area contributed by atoms with Gasteiger partial charge in [-0.3, -0.25) is 14.9 Å². The zero-order chi connectivity index (χ0) is 44.9. The van der Waals surface area contributed by atoms with Crippen LogP contribution in [0.1, 0.15) is 119 Å². The quantitative estimate of drug-likeness (QED) is 0.132. The molecule has 6 rings (SSSR count). The molecule has 0 radical (unpaired) electrons. The van der Waals surface area contributed by atoms with Gasteiger partial charge in [0.15, 0.2) is 5.78 Å². The van der Waals surface area contributed by atoms with Crippen LogP contribution in [-0.2, 0) is 28.9 Å². The summed E-state index contributed by atoms with van der Waals surface area (Å²) >= 11 is 0. The molecule has 2 aliphatic heterocycles.